The molecule has 0 saturated heterocycles. The van der Waals surface area contributed by atoms with E-state index < -0.39 is 23.7 Å². The lowest BCUT2D eigenvalue weighted by atomic mass is 10.2. The highest BCUT2D eigenvalue weighted by Crippen LogP contribution is 2.17. The van der Waals surface area contributed by atoms with Crippen molar-refractivity contribution in [2.24, 2.45) is 7.05 Å². The highest BCUT2D eigenvalue weighted by atomic mass is 16.6. The number of hydrogen-bond acceptors (Lipinski definition) is 4. The minimum Gasteiger partial charge on any atom is -0.481 e. The van der Waals surface area contributed by atoms with Crippen LogP contribution < -0.4 is 5.32 Å². The number of aryl methyl sites for hydroxylation is 1. The van der Waals surface area contributed by atoms with Gasteiger partial charge in [0.1, 0.15) is 17.5 Å². The SMILES string of the molecule is Cc1cnc([C@@H](CC(=O)O)NC(=O)OC(C)(C)C)n1C. The fourth-order valence-corrected chi connectivity index (χ4v) is 1.67. The van der Waals surface area contributed by atoms with Crippen LogP contribution in [0.1, 0.15) is 44.8 Å². The molecular formula is C13H21N3O4. The van der Waals surface area contributed by atoms with E-state index in [0.717, 1.165) is 5.69 Å². The molecule has 1 atom stereocenters. The number of rotatable bonds is 4. The first kappa shape index (κ1) is 16.0. The number of imidazole rings is 1. The highest BCUT2D eigenvalue weighted by molar-refractivity contribution is 5.71. The molecule has 0 aliphatic heterocycles. The van der Waals surface area contributed by atoms with Gasteiger partial charge < -0.3 is 19.7 Å². The fourth-order valence-electron chi connectivity index (χ4n) is 1.67. The number of aliphatic carboxylic acids is 1. The molecule has 7 nitrogen and oxygen atoms in total. The highest BCUT2D eigenvalue weighted by Gasteiger charge is 2.25. The van der Waals surface area contributed by atoms with Gasteiger partial charge in [0, 0.05) is 18.9 Å². The Balaban J connectivity index is 2.88. The molecule has 0 fully saturated rings. The zero-order valence-corrected chi connectivity index (χ0v) is 12.4. The van der Waals surface area contributed by atoms with Crippen molar-refractivity contribution in [2.75, 3.05) is 0 Å². The molecule has 20 heavy (non-hydrogen) atoms. The van der Waals surface area contributed by atoms with E-state index in [1.54, 1.807) is 38.6 Å². The summed E-state index contributed by atoms with van der Waals surface area (Å²) in [5.74, 6) is -0.539. The van der Waals surface area contributed by atoms with E-state index in [-0.39, 0.29) is 6.42 Å². The zero-order chi connectivity index (χ0) is 15.5. The van der Waals surface area contributed by atoms with Crippen molar-refractivity contribution in [1.82, 2.24) is 14.9 Å². The summed E-state index contributed by atoms with van der Waals surface area (Å²) in [6.07, 6.45) is 0.703. The third kappa shape index (κ3) is 4.56. The predicted molar refractivity (Wildman–Crippen MR) is 72.3 cm³/mol. The van der Waals surface area contributed by atoms with Gasteiger partial charge >= 0.3 is 12.1 Å². The van der Waals surface area contributed by atoms with Crippen LogP contribution in [-0.4, -0.2) is 32.3 Å². The van der Waals surface area contributed by atoms with Crippen LogP contribution in [-0.2, 0) is 16.6 Å². The summed E-state index contributed by atoms with van der Waals surface area (Å²) >= 11 is 0. The third-order valence-corrected chi connectivity index (χ3v) is 2.64. The number of carboxylic acids is 1. The summed E-state index contributed by atoms with van der Waals surface area (Å²) in [5.41, 5.74) is 0.233. The van der Waals surface area contributed by atoms with Gasteiger partial charge in [0.25, 0.3) is 0 Å². The van der Waals surface area contributed by atoms with Crippen molar-refractivity contribution in [1.29, 1.82) is 0 Å². The molecule has 0 aliphatic rings. The first-order chi connectivity index (χ1) is 9.10. The molecule has 0 saturated carbocycles. The van der Waals surface area contributed by atoms with E-state index in [0.29, 0.717) is 5.82 Å². The van der Waals surface area contributed by atoms with Crippen molar-refractivity contribution >= 4 is 12.1 Å². The Kier molecular flexibility index (Phi) is 4.75. The lowest BCUT2D eigenvalue weighted by Gasteiger charge is -2.23. The van der Waals surface area contributed by atoms with Crippen molar-refractivity contribution in [3.8, 4) is 0 Å². The number of carbonyl (C=O) groups excluding carboxylic acids is 1. The topological polar surface area (TPSA) is 93.4 Å². The predicted octanol–water partition coefficient (Wildman–Crippen LogP) is 1.77. The number of carboxylic acid groups (broad SMARTS) is 1. The lowest BCUT2D eigenvalue weighted by molar-refractivity contribution is -0.137. The van der Waals surface area contributed by atoms with E-state index in [2.05, 4.69) is 10.3 Å². The van der Waals surface area contributed by atoms with E-state index in [1.807, 2.05) is 6.92 Å². The Hall–Kier alpha value is -2.05. The van der Waals surface area contributed by atoms with Gasteiger partial charge in [-0.2, -0.15) is 0 Å². The van der Waals surface area contributed by atoms with Gasteiger partial charge in [0.2, 0.25) is 0 Å². The zero-order valence-electron chi connectivity index (χ0n) is 12.4. The summed E-state index contributed by atoms with van der Waals surface area (Å²) in [4.78, 5) is 26.9. The number of nitrogens with zero attached hydrogens (tertiary/aromatic N) is 2. The quantitative estimate of drug-likeness (QED) is 0.878. The van der Waals surface area contributed by atoms with Gasteiger partial charge in [-0.25, -0.2) is 9.78 Å². The Morgan fingerprint density at radius 2 is 2.10 bits per heavy atom. The molecule has 1 aromatic heterocycles. The molecule has 0 aliphatic carbocycles. The first-order valence-electron chi connectivity index (χ1n) is 6.29. The number of aromatic nitrogens is 2. The number of alkyl carbamates (subject to hydrolysis) is 1. The first-order valence-corrected chi connectivity index (χ1v) is 6.29. The molecule has 0 unspecified atom stereocenters. The van der Waals surface area contributed by atoms with Crippen LogP contribution >= 0.6 is 0 Å². The van der Waals surface area contributed by atoms with E-state index in [1.165, 1.54) is 0 Å². The average molecular weight is 283 g/mol. The summed E-state index contributed by atoms with van der Waals surface area (Å²) < 4.78 is 6.88. The molecular weight excluding hydrogens is 262 g/mol. The molecule has 7 heteroatoms. The molecule has 0 radical (unpaired) electrons. The van der Waals surface area contributed by atoms with E-state index in [4.69, 9.17) is 9.84 Å². The summed E-state index contributed by atoms with van der Waals surface area (Å²) in [6.45, 7) is 7.07. The number of carbonyl (C=O) groups is 2. The molecule has 2 N–H and O–H groups in total. The number of amides is 1. The maximum absolute atomic E-state index is 11.8. The summed E-state index contributed by atoms with van der Waals surface area (Å²) in [7, 11) is 1.77. The largest absolute Gasteiger partial charge is 0.481 e. The van der Waals surface area contributed by atoms with E-state index >= 15 is 0 Å². The summed E-state index contributed by atoms with van der Waals surface area (Å²) in [5, 5.41) is 11.5. The minimum atomic E-state index is -1.02. The van der Waals surface area contributed by atoms with Gasteiger partial charge in [-0.05, 0) is 27.7 Å². The number of hydrogen-bond donors (Lipinski definition) is 2. The van der Waals surface area contributed by atoms with Crippen LogP contribution in [0.2, 0.25) is 0 Å². The normalized spacial score (nSPS) is 12.8. The second-order valence-corrected chi connectivity index (χ2v) is 5.61. The van der Waals surface area contributed by atoms with Crippen LogP contribution in [0.15, 0.2) is 6.20 Å². The number of ether oxygens (including phenoxy) is 1. The molecule has 112 valence electrons. The average Bonchev–Trinajstić information content (AvgIpc) is 2.55. The summed E-state index contributed by atoms with van der Waals surface area (Å²) in [6, 6.07) is -0.735. The van der Waals surface area contributed by atoms with Crippen molar-refractivity contribution in [3.63, 3.8) is 0 Å². The van der Waals surface area contributed by atoms with Gasteiger partial charge in [-0.3, -0.25) is 4.79 Å². The lowest BCUT2D eigenvalue weighted by Crippen LogP contribution is -2.36. The molecule has 1 amide bonds. The van der Waals surface area contributed by atoms with E-state index in [9.17, 15) is 9.59 Å². The Morgan fingerprint density at radius 1 is 1.50 bits per heavy atom. The third-order valence-electron chi connectivity index (χ3n) is 2.64. The monoisotopic (exact) mass is 283 g/mol. The van der Waals surface area contributed by atoms with Crippen LogP contribution in [0.4, 0.5) is 4.79 Å². The van der Waals surface area contributed by atoms with Crippen molar-refractivity contribution < 1.29 is 19.4 Å². The van der Waals surface area contributed by atoms with Crippen molar-refractivity contribution in [2.45, 2.75) is 45.8 Å². The maximum atomic E-state index is 11.8. The molecule has 0 aromatic carbocycles. The molecule has 1 aromatic rings. The maximum Gasteiger partial charge on any atom is 0.408 e. The number of nitrogens with one attached hydrogen (secondary N) is 1. The minimum absolute atomic E-state index is 0.260. The smallest absolute Gasteiger partial charge is 0.408 e. The van der Waals surface area contributed by atoms with Gasteiger partial charge in [-0.15, -0.1) is 0 Å². The van der Waals surface area contributed by atoms with Crippen LogP contribution in [0, 0.1) is 6.92 Å². The second kappa shape index (κ2) is 5.94. The molecule has 1 rings (SSSR count). The van der Waals surface area contributed by atoms with Crippen molar-refractivity contribution in [3.05, 3.63) is 17.7 Å². The fraction of sp³-hybridized carbons (Fsp3) is 0.615. The Labute approximate surface area is 118 Å². The standard InChI is InChI=1S/C13H21N3O4/c1-8-7-14-11(16(8)5)9(6-10(17)18)15-12(19)20-13(2,3)4/h7,9H,6H2,1-5H3,(H,15,19)(H,17,18)/t9-/m1/s1. The Bertz CT molecular complexity index is 502. The van der Waals surface area contributed by atoms with Gasteiger partial charge in [-0.1, -0.05) is 0 Å². The van der Waals surface area contributed by atoms with Gasteiger partial charge in [0.15, 0.2) is 0 Å². The van der Waals surface area contributed by atoms with Crippen LogP contribution in [0.25, 0.3) is 0 Å². The van der Waals surface area contributed by atoms with Crippen LogP contribution in [0.3, 0.4) is 0 Å². The second-order valence-electron chi connectivity index (χ2n) is 5.61. The van der Waals surface area contributed by atoms with Gasteiger partial charge in [0.05, 0.1) is 6.42 Å². The molecule has 1 heterocycles. The molecule has 0 bridgehead atoms. The molecule has 0 spiro atoms. The van der Waals surface area contributed by atoms with Crippen LogP contribution in [0.5, 0.6) is 0 Å². The Morgan fingerprint density at radius 3 is 2.50 bits per heavy atom.